The first kappa shape index (κ1) is 16.0. The highest BCUT2D eigenvalue weighted by Crippen LogP contribution is 2.26. The number of nitrogens with zero attached hydrogens (tertiary/aromatic N) is 1. The van der Waals surface area contributed by atoms with Crippen molar-refractivity contribution < 1.29 is 14.6 Å². The minimum absolute atomic E-state index is 0.0720. The monoisotopic (exact) mass is 340 g/mol. The van der Waals surface area contributed by atoms with Gasteiger partial charge in [0.15, 0.2) is 11.5 Å². The number of carbonyl (C=O) groups is 1. The van der Waals surface area contributed by atoms with Crippen LogP contribution >= 0.6 is 11.3 Å². The number of thiophene rings is 1. The van der Waals surface area contributed by atoms with E-state index in [0.29, 0.717) is 23.5 Å². The summed E-state index contributed by atoms with van der Waals surface area (Å²) in [4.78, 5) is 12.3. The Kier molecular flexibility index (Phi) is 4.77. The van der Waals surface area contributed by atoms with Crippen LogP contribution in [0.3, 0.4) is 0 Å². The molecule has 1 aromatic heterocycles. The smallest absolute Gasteiger partial charge is 0.272 e. The summed E-state index contributed by atoms with van der Waals surface area (Å²) in [7, 11) is 0. The molecule has 0 unspecified atom stereocenters. The molecule has 1 amide bonds. The second kappa shape index (κ2) is 7.14. The molecule has 0 radical (unpaired) electrons. The molecule has 3 rings (SSSR count). The predicted molar refractivity (Wildman–Crippen MR) is 96.2 cm³/mol. The first-order valence-corrected chi connectivity index (χ1v) is 8.32. The van der Waals surface area contributed by atoms with Gasteiger partial charge >= 0.3 is 0 Å². The van der Waals surface area contributed by atoms with E-state index in [4.69, 9.17) is 4.74 Å². The largest absolute Gasteiger partial charge is 0.504 e. The Morgan fingerprint density at radius 2 is 2.17 bits per heavy atom. The van der Waals surface area contributed by atoms with E-state index in [1.165, 1.54) is 23.6 Å². The molecule has 3 aromatic rings. The Balaban J connectivity index is 1.72. The minimum atomic E-state index is -0.257. The Hall–Kier alpha value is -2.86. The number of phenolic OH excluding ortho intramolecular Hbond substituents is 1. The third-order valence-corrected chi connectivity index (χ3v) is 4.35. The van der Waals surface area contributed by atoms with Crippen molar-refractivity contribution in [3.63, 3.8) is 0 Å². The third kappa shape index (κ3) is 3.38. The molecule has 0 bridgehead atoms. The van der Waals surface area contributed by atoms with Gasteiger partial charge in [-0.15, -0.1) is 11.3 Å². The number of phenols is 1. The normalized spacial score (nSPS) is 11.0. The van der Waals surface area contributed by atoms with Crippen molar-refractivity contribution in [3.8, 4) is 11.5 Å². The maximum absolute atomic E-state index is 12.3. The summed E-state index contributed by atoms with van der Waals surface area (Å²) in [6.45, 7) is 2.29. The summed E-state index contributed by atoms with van der Waals surface area (Å²) in [5.74, 6) is 0.201. The van der Waals surface area contributed by atoms with Crippen molar-refractivity contribution in [2.45, 2.75) is 6.92 Å². The molecule has 0 aliphatic rings. The summed E-state index contributed by atoms with van der Waals surface area (Å²) in [6, 6.07) is 12.6. The van der Waals surface area contributed by atoms with Crippen LogP contribution in [0.1, 0.15) is 22.8 Å². The topological polar surface area (TPSA) is 70.9 Å². The second-order valence-electron chi connectivity index (χ2n) is 5.00. The SMILES string of the molecule is CCOc1cc(/C=N\NC(=O)c2csc3ccccc23)ccc1O. The molecule has 0 aliphatic heterocycles. The fraction of sp³-hybridized carbons (Fsp3) is 0.111. The van der Waals surface area contributed by atoms with E-state index in [1.807, 2.05) is 36.6 Å². The highest BCUT2D eigenvalue weighted by Gasteiger charge is 2.10. The van der Waals surface area contributed by atoms with E-state index in [9.17, 15) is 9.90 Å². The lowest BCUT2D eigenvalue weighted by Gasteiger charge is -2.06. The maximum Gasteiger partial charge on any atom is 0.272 e. The van der Waals surface area contributed by atoms with Crippen molar-refractivity contribution in [1.82, 2.24) is 5.43 Å². The van der Waals surface area contributed by atoms with E-state index in [0.717, 1.165) is 10.1 Å². The number of ether oxygens (including phenoxy) is 1. The maximum atomic E-state index is 12.3. The lowest BCUT2D eigenvalue weighted by molar-refractivity contribution is 0.0957. The zero-order valence-electron chi connectivity index (χ0n) is 13.0. The lowest BCUT2D eigenvalue weighted by atomic mass is 10.2. The fourth-order valence-electron chi connectivity index (χ4n) is 2.26. The molecule has 0 atom stereocenters. The van der Waals surface area contributed by atoms with Crippen LogP contribution in [0.25, 0.3) is 10.1 Å². The van der Waals surface area contributed by atoms with E-state index in [-0.39, 0.29) is 11.7 Å². The Morgan fingerprint density at radius 3 is 3.00 bits per heavy atom. The Bertz CT molecular complexity index is 902. The van der Waals surface area contributed by atoms with E-state index >= 15 is 0 Å². The van der Waals surface area contributed by atoms with Crippen LogP contribution in [0.15, 0.2) is 52.9 Å². The van der Waals surface area contributed by atoms with Gasteiger partial charge in [-0.25, -0.2) is 5.43 Å². The molecule has 0 spiro atoms. The van der Waals surface area contributed by atoms with Crippen LogP contribution < -0.4 is 10.2 Å². The first-order chi connectivity index (χ1) is 11.7. The van der Waals surface area contributed by atoms with Crippen LogP contribution in [0, 0.1) is 0 Å². The van der Waals surface area contributed by atoms with Gasteiger partial charge in [0.1, 0.15) is 0 Å². The quantitative estimate of drug-likeness (QED) is 0.549. The number of aromatic hydroxyl groups is 1. The summed E-state index contributed by atoms with van der Waals surface area (Å²) in [6.07, 6.45) is 1.51. The van der Waals surface area contributed by atoms with Gasteiger partial charge < -0.3 is 9.84 Å². The number of amides is 1. The second-order valence-corrected chi connectivity index (χ2v) is 5.92. The molecule has 5 nitrogen and oxygen atoms in total. The number of hydrogen-bond acceptors (Lipinski definition) is 5. The van der Waals surface area contributed by atoms with Gasteiger partial charge in [0.2, 0.25) is 0 Å². The van der Waals surface area contributed by atoms with E-state index in [2.05, 4.69) is 10.5 Å². The van der Waals surface area contributed by atoms with Gasteiger partial charge in [-0.2, -0.15) is 5.10 Å². The molecule has 6 heteroatoms. The van der Waals surface area contributed by atoms with E-state index < -0.39 is 0 Å². The molecule has 24 heavy (non-hydrogen) atoms. The predicted octanol–water partition coefficient (Wildman–Crippen LogP) is 3.77. The van der Waals surface area contributed by atoms with Crippen molar-refractivity contribution >= 4 is 33.5 Å². The number of nitrogens with one attached hydrogen (secondary N) is 1. The number of hydrazone groups is 1. The van der Waals surface area contributed by atoms with E-state index in [1.54, 1.807) is 12.1 Å². The standard InChI is InChI=1S/C18H16N2O3S/c1-2-23-16-9-12(7-8-15(16)21)10-19-20-18(22)14-11-24-17-6-4-3-5-13(14)17/h3-11,21H,2H2,1H3,(H,20,22)/b19-10-. The molecule has 2 aromatic carbocycles. The number of carbonyl (C=O) groups excluding carboxylic acids is 1. The number of rotatable bonds is 5. The zero-order chi connectivity index (χ0) is 16.9. The van der Waals surface area contributed by atoms with Gasteiger partial charge in [-0.05, 0) is 36.8 Å². The summed E-state index contributed by atoms with van der Waals surface area (Å²) >= 11 is 1.52. The number of fused-ring (bicyclic) bond motifs is 1. The number of hydrogen-bond donors (Lipinski definition) is 2. The Labute approximate surface area is 143 Å². The molecule has 0 saturated heterocycles. The van der Waals surface area contributed by atoms with Crippen LogP contribution in [0.4, 0.5) is 0 Å². The third-order valence-electron chi connectivity index (χ3n) is 3.39. The van der Waals surface area contributed by atoms with Crippen LogP contribution in [-0.2, 0) is 0 Å². The molecule has 2 N–H and O–H groups in total. The summed E-state index contributed by atoms with van der Waals surface area (Å²) in [5.41, 5.74) is 3.85. The fourth-order valence-corrected chi connectivity index (χ4v) is 3.20. The highest BCUT2D eigenvalue weighted by atomic mass is 32.1. The molecular formula is C18H16N2O3S. The highest BCUT2D eigenvalue weighted by molar-refractivity contribution is 7.17. The first-order valence-electron chi connectivity index (χ1n) is 7.44. The van der Waals surface area contributed by atoms with Crippen molar-refractivity contribution in [1.29, 1.82) is 0 Å². The van der Waals surface area contributed by atoms with Crippen LogP contribution in [0.2, 0.25) is 0 Å². The van der Waals surface area contributed by atoms with Crippen LogP contribution in [-0.4, -0.2) is 23.8 Å². The van der Waals surface area contributed by atoms with Gasteiger partial charge in [0.05, 0.1) is 18.4 Å². The zero-order valence-corrected chi connectivity index (χ0v) is 13.8. The molecule has 122 valence electrons. The van der Waals surface area contributed by atoms with Gasteiger partial charge in [-0.3, -0.25) is 4.79 Å². The van der Waals surface area contributed by atoms with Crippen molar-refractivity contribution in [2.75, 3.05) is 6.61 Å². The average molecular weight is 340 g/mol. The van der Waals surface area contributed by atoms with Crippen LogP contribution in [0.5, 0.6) is 11.5 Å². The van der Waals surface area contributed by atoms with Gasteiger partial charge in [-0.1, -0.05) is 18.2 Å². The van der Waals surface area contributed by atoms with Crippen molar-refractivity contribution in [3.05, 3.63) is 59.0 Å². The lowest BCUT2D eigenvalue weighted by Crippen LogP contribution is -2.17. The minimum Gasteiger partial charge on any atom is -0.504 e. The number of benzene rings is 2. The summed E-state index contributed by atoms with van der Waals surface area (Å²) in [5, 5.41) is 16.4. The average Bonchev–Trinajstić information content (AvgIpc) is 3.02. The molecule has 0 fully saturated rings. The van der Waals surface area contributed by atoms with Gasteiger partial charge in [0.25, 0.3) is 5.91 Å². The van der Waals surface area contributed by atoms with Gasteiger partial charge in [0, 0.05) is 15.5 Å². The molecule has 0 saturated carbocycles. The molecule has 0 aliphatic carbocycles. The Morgan fingerprint density at radius 1 is 1.33 bits per heavy atom. The molecule has 1 heterocycles. The molecular weight excluding hydrogens is 324 g/mol. The summed E-state index contributed by atoms with van der Waals surface area (Å²) < 4.78 is 6.38. The van der Waals surface area contributed by atoms with Crippen molar-refractivity contribution in [2.24, 2.45) is 5.10 Å².